The number of carbonyl (C=O) groups is 1. The zero-order valence-corrected chi connectivity index (χ0v) is 20.7. The van der Waals surface area contributed by atoms with Crippen molar-refractivity contribution in [1.82, 2.24) is 20.5 Å². The van der Waals surface area contributed by atoms with E-state index in [1.807, 2.05) is 72.8 Å². The number of hydrogen-bond acceptors (Lipinski definition) is 4. The van der Waals surface area contributed by atoms with Gasteiger partial charge in [-0.2, -0.15) is 5.10 Å². The van der Waals surface area contributed by atoms with Gasteiger partial charge in [-0.15, -0.1) is 0 Å². The fourth-order valence-corrected chi connectivity index (χ4v) is 4.94. The quantitative estimate of drug-likeness (QED) is 0.251. The largest absolute Gasteiger partial charge is 0.351 e. The van der Waals surface area contributed by atoms with Gasteiger partial charge in [-0.1, -0.05) is 67.2 Å². The Morgan fingerprint density at radius 1 is 0.972 bits per heavy atom. The third-order valence-corrected chi connectivity index (χ3v) is 7.03. The van der Waals surface area contributed by atoms with Crippen LogP contribution in [0.25, 0.3) is 23.1 Å². The van der Waals surface area contributed by atoms with Crippen molar-refractivity contribution in [2.24, 2.45) is 0 Å². The van der Waals surface area contributed by atoms with Gasteiger partial charge in [0.25, 0.3) is 5.91 Å². The van der Waals surface area contributed by atoms with Crippen molar-refractivity contribution < 1.29 is 4.79 Å². The maximum Gasteiger partial charge on any atom is 0.252 e. The fourth-order valence-electron chi connectivity index (χ4n) is 3.96. The van der Waals surface area contributed by atoms with Crippen LogP contribution in [0.1, 0.15) is 40.2 Å². The molecule has 5 nitrogen and oxygen atoms in total. The summed E-state index contributed by atoms with van der Waals surface area (Å²) < 4.78 is 0. The van der Waals surface area contributed by atoms with E-state index in [1.165, 1.54) is 5.56 Å². The Bertz CT molecular complexity index is 1500. The maximum absolute atomic E-state index is 13.0. The Balaban J connectivity index is 1.29. The number of hydrogen-bond donors (Lipinski definition) is 2. The number of rotatable bonds is 8. The number of benzene rings is 3. The SMILES string of the molecule is C[C@@H](CNC(=O)c1ccccc1Sc1ccc2c(/C=C/c3ccccn3)n[nH]c2c1)c1ccccc1. The minimum absolute atomic E-state index is 0.0644. The molecule has 1 atom stereocenters. The van der Waals surface area contributed by atoms with Crippen LogP contribution in [-0.4, -0.2) is 27.6 Å². The van der Waals surface area contributed by atoms with E-state index in [-0.39, 0.29) is 11.8 Å². The van der Waals surface area contributed by atoms with Crippen LogP contribution in [0.4, 0.5) is 0 Å². The molecule has 2 aromatic heterocycles. The average molecular weight is 491 g/mol. The average Bonchev–Trinajstić information content (AvgIpc) is 3.34. The monoisotopic (exact) mass is 490 g/mol. The number of pyridine rings is 1. The second-order valence-corrected chi connectivity index (χ2v) is 9.64. The van der Waals surface area contributed by atoms with E-state index in [4.69, 9.17) is 0 Å². The van der Waals surface area contributed by atoms with Gasteiger partial charge in [0, 0.05) is 27.9 Å². The third kappa shape index (κ3) is 5.56. The smallest absolute Gasteiger partial charge is 0.252 e. The Labute approximate surface area is 214 Å². The number of H-pyrrole nitrogens is 1. The molecule has 3 aromatic carbocycles. The van der Waals surface area contributed by atoms with Crippen LogP contribution in [0.5, 0.6) is 0 Å². The van der Waals surface area contributed by atoms with Gasteiger partial charge in [0.15, 0.2) is 0 Å². The highest BCUT2D eigenvalue weighted by Gasteiger charge is 2.14. The Kier molecular flexibility index (Phi) is 7.24. The molecule has 0 saturated heterocycles. The van der Waals surface area contributed by atoms with Crippen LogP contribution in [0, 0.1) is 0 Å². The van der Waals surface area contributed by atoms with E-state index >= 15 is 0 Å². The molecule has 0 aliphatic rings. The van der Waals surface area contributed by atoms with Gasteiger partial charge in [-0.25, -0.2) is 0 Å². The molecule has 0 fully saturated rings. The number of fused-ring (bicyclic) bond motifs is 1. The molecule has 36 heavy (non-hydrogen) atoms. The number of aromatic nitrogens is 3. The second-order valence-electron chi connectivity index (χ2n) is 8.52. The van der Waals surface area contributed by atoms with Crippen LogP contribution >= 0.6 is 11.8 Å². The molecule has 6 heteroatoms. The summed E-state index contributed by atoms with van der Waals surface area (Å²) in [5.74, 6) is 0.170. The lowest BCUT2D eigenvalue weighted by atomic mass is 10.0. The first-order valence-electron chi connectivity index (χ1n) is 11.8. The first-order chi connectivity index (χ1) is 17.7. The number of carbonyl (C=O) groups excluding carboxylic acids is 1. The molecular formula is C30H26N4OS. The summed E-state index contributed by atoms with van der Waals surface area (Å²) >= 11 is 1.57. The Morgan fingerprint density at radius 3 is 2.61 bits per heavy atom. The van der Waals surface area contributed by atoms with Crippen molar-refractivity contribution in [1.29, 1.82) is 0 Å². The second kappa shape index (κ2) is 11.1. The molecule has 5 rings (SSSR count). The highest BCUT2D eigenvalue weighted by molar-refractivity contribution is 7.99. The number of nitrogens with one attached hydrogen (secondary N) is 2. The molecule has 0 spiro atoms. The standard InChI is InChI=1S/C30H26N4OS/c1-21(22-9-3-2-4-10-22)20-32-30(35)26-12-5-6-13-29(26)36-24-15-16-25-27(33-34-28(25)19-24)17-14-23-11-7-8-18-31-23/h2-19,21H,20H2,1H3,(H,32,35)(H,33,34)/b17-14+/t21-/m0/s1. The summed E-state index contributed by atoms with van der Waals surface area (Å²) in [6.07, 6.45) is 5.68. The molecule has 1 amide bonds. The van der Waals surface area contributed by atoms with Crippen molar-refractivity contribution >= 4 is 40.7 Å². The predicted molar refractivity (Wildman–Crippen MR) is 147 cm³/mol. The van der Waals surface area contributed by atoms with Gasteiger partial charge in [0.2, 0.25) is 0 Å². The predicted octanol–water partition coefficient (Wildman–Crippen LogP) is 6.81. The molecule has 0 aliphatic heterocycles. The van der Waals surface area contributed by atoms with Crippen LogP contribution in [0.3, 0.4) is 0 Å². The van der Waals surface area contributed by atoms with Crippen LogP contribution in [0.15, 0.2) is 107 Å². The normalized spacial score (nSPS) is 12.1. The highest BCUT2D eigenvalue weighted by atomic mass is 32.2. The minimum Gasteiger partial charge on any atom is -0.351 e. The number of aromatic amines is 1. The molecule has 0 aliphatic carbocycles. The van der Waals surface area contributed by atoms with Crippen LogP contribution in [0.2, 0.25) is 0 Å². The molecule has 0 bridgehead atoms. The number of amides is 1. The molecule has 5 aromatic rings. The van der Waals surface area contributed by atoms with Gasteiger partial charge in [0.05, 0.1) is 22.5 Å². The summed E-state index contributed by atoms with van der Waals surface area (Å²) in [4.78, 5) is 19.3. The topological polar surface area (TPSA) is 70.7 Å². The first kappa shape index (κ1) is 23.6. The maximum atomic E-state index is 13.0. The fraction of sp³-hybridized carbons (Fsp3) is 0.100. The van der Waals surface area contributed by atoms with E-state index in [0.29, 0.717) is 12.1 Å². The molecule has 178 valence electrons. The lowest BCUT2D eigenvalue weighted by Gasteiger charge is -2.14. The van der Waals surface area contributed by atoms with Crippen LogP contribution in [-0.2, 0) is 0 Å². The zero-order valence-electron chi connectivity index (χ0n) is 19.9. The van der Waals surface area contributed by atoms with Crippen molar-refractivity contribution in [3.63, 3.8) is 0 Å². The van der Waals surface area contributed by atoms with Gasteiger partial charge in [-0.05, 0) is 66.1 Å². The van der Waals surface area contributed by atoms with Gasteiger partial charge in [0.1, 0.15) is 0 Å². The van der Waals surface area contributed by atoms with E-state index in [0.717, 1.165) is 32.1 Å². The van der Waals surface area contributed by atoms with Gasteiger partial charge in [-0.3, -0.25) is 14.9 Å². The summed E-state index contributed by atoms with van der Waals surface area (Å²) in [7, 11) is 0. The lowest BCUT2D eigenvalue weighted by Crippen LogP contribution is -2.27. The van der Waals surface area contributed by atoms with Crippen molar-refractivity contribution in [2.45, 2.75) is 22.6 Å². The molecule has 2 N–H and O–H groups in total. The summed E-state index contributed by atoms with van der Waals surface area (Å²) in [6, 6.07) is 29.9. The molecular weight excluding hydrogens is 464 g/mol. The molecule has 2 heterocycles. The van der Waals surface area contributed by atoms with E-state index in [2.05, 4.69) is 57.8 Å². The zero-order chi connectivity index (χ0) is 24.7. The summed E-state index contributed by atoms with van der Waals surface area (Å²) in [6.45, 7) is 2.70. The minimum atomic E-state index is -0.0644. The van der Waals surface area contributed by atoms with E-state index < -0.39 is 0 Å². The third-order valence-electron chi connectivity index (χ3n) is 5.96. The summed E-state index contributed by atoms with van der Waals surface area (Å²) in [5.41, 5.74) is 4.57. The Morgan fingerprint density at radius 2 is 1.78 bits per heavy atom. The molecule has 0 radical (unpaired) electrons. The molecule has 0 unspecified atom stereocenters. The molecule has 0 saturated carbocycles. The highest BCUT2D eigenvalue weighted by Crippen LogP contribution is 2.33. The van der Waals surface area contributed by atoms with Crippen molar-refractivity contribution in [3.05, 3.63) is 120 Å². The number of nitrogens with zero attached hydrogens (tertiary/aromatic N) is 2. The summed E-state index contributed by atoms with van der Waals surface area (Å²) in [5, 5.41) is 11.7. The Hall–Kier alpha value is -4.16. The van der Waals surface area contributed by atoms with Crippen molar-refractivity contribution in [3.8, 4) is 0 Å². The van der Waals surface area contributed by atoms with Gasteiger partial charge >= 0.3 is 0 Å². The van der Waals surface area contributed by atoms with Gasteiger partial charge < -0.3 is 5.32 Å². The van der Waals surface area contributed by atoms with Crippen molar-refractivity contribution in [2.75, 3.05) is 6.54 Å². The first-order valence-corrected chi connectivity index (χ1v) is 12.7. The van der Waals surface area contributed by atoms with Crippen LogP contribution < -0.4 is 5.32 Å². The van der Waals surface area contributed by atoms with E-state index in [1.54, 1.807) is 18.0 Å². The lowest BCUT2D eigenvalue weighted by molar-refractivity contribution is 0.0948. The van der Waals surface area contributed by atoms with E-state index in [9.17, 15) is 4.79 Å².